The Morgan fingerprint density at radius 1 is 1.00 bits per heavy atom. The van der Waals surface area contributed by atoms with E-state index in [1.165, 1.54) is 7.11 Å². The van der Waals surface area contributed by atoms with Gasteiger partial charge in [-0.3, -0.25) is 4.79 Å². The lowest BCUT2D eigenvalue weighted by Crippen LogP contribution is -2.45. The van der Waals surface area contributed by atoms with Crippen LogP contribution in [-0.2, 0) is 11.2 Å². The molecule has 0 bridgehead atoms. The number of hydrogen-bond donors (Lipinski definition) is 2. The van der Waals surface area contributed by atoms with Crippen LogP contribution in [0.2, 0.25) is 0 Å². The number of carbonyl (C=O) groups excluding carboxylic acids is 2. The SMILES string of the molecule is COC(=O)NC1CCN(c2ccccc2C(=O)NCCc2ccc(OC)c(OC)c2)CC1. The van der Waals surface area contributed by atoms with E-state index in [-0.39, 0.29) is 11.9 Å². The fourth-order valence-electron chi connectivity index (χ4n) is 3.88. The molecule has 0 unspecified atom stereocenters. The van der Waals surface area contributed by atoms with Gasteiger partial charge in [0, 0.05) is 31.4 Å². The summed E-state index contributed by atoms with van der Waals surface area (Å²) in [7, 11) is 4.58. The van der Waals surface area contributed by atoms with Crippen molar-refractivity contribution >= 4 is 17.7 Å². The third-order valence-corrected chi connectivity index (χ3v) is 5.64. The van der Waals surface area contributed by atoms with Crippen molar-refractivity contribution in [3.8, 4) is 11.5 Å². The van der Waals surface area contributed by atoms with Gasteiger partial charge in [-0.25, -0.2) is 4.79 Å². The predicted molar refractivity (Wildman–Crippen MR) is 123 cm³/mol. The highest BCUT2D eigenvalue weighted by molar-refractivity contribution is 5.99. The molecule has 2 aromatic carbocycles. The number of piperidine rings is 1. The number of ether oxygens (including phenoxy) is 3. The summed E-state index contributed by atoms with van der Waals surface area (Å²) in [4.78, 5) is 26.5. The lowest BCUT2D eigenvalue weighted by Gasteiger charge is -2.34. The standard InChI is InChI=1S/C24H31N3O5/c1-30-21-9-8-17(16-22(21)31-2)10-13-25-23(28)19-6-4-5-7-20(19)27-14-11-18(12-15-27)26-24(29)32-3/h4-9,16,18H,10-15H2,1-3H3,(H,25,28)(H,26,29). The zero-order valence-corrected chi connectivity index (χ0v) is 18.8. The van der Waals surface area contributed by atoms with Crippen molar-refractivity contribution in [3.05, 3.63) is 53.6 Å². The van der Waals surface area contributed by atoms with Crippen molar-refractivity contribution in [1.82, 2.24) is 10.6 Å². The normalized spacial score (nSPS) is 13.9. The van der Waals surface area contributed by atoms with Gasteiger partial charge in [-0.1, -0.05) is 18.2 Å². The van der Waals surface area contributed by atoms with Crippen LogP contribution in [0.5, 0.6) is 11.5 Å². The smallest absolute Gasteiger partial charge is 0.407 e. The largest absolute Gasteiger partial charge is 0.493 e. The molecule has 1 aliphatic heterocycles. The van der Waals surface area contributed by atoms with E-state index < -0.39 is 6.09 Å². The van der Waals surface area contributed by atoms with E-state index in [1.807, 2.05) is 42.5 Å². The Bertz CT molecular complexity index is 926. The van der Waals surface area contributed by atoms with E-state index in [2.05, 4.69) is 20.3 Å². The molecule has 2 aromatic rings. The number of alkyl carbamates (subject to hydrolysis) is 1. The van der Waals surface area contributed by atoms with Crippen LogP contribution in [0.3, 0.4) is 0 Å². The van der Waals surface area contributed by atoms with E-state index in [1.54, 1.807) is 14.2 Å². The van der Waals surface area contributed by atoms with Crippen molar-refractivity contribution in [3.63, 3.8) is 0 Å². The summed E-state index contributed by atoms with van der Waals surface area (Å²) in [6.07, 6.45) is 1.87. The van der Waals surface area contributed by atoms with Crippen LogP contribution in [0.4, 0.5) is 10.5 Å². The second kappa shape index (κ2) is 11.3. The van der Waals surface area contributed by atoms with Gasteiger partial charge in [0.2, 0.25) is 0 Å². The molecule has 1 heterocycles. The maximum Gasteiger partial charge on any atom is 0.407 e. The van der Waals surface area contributed by atoms with Crippen molar-refractivity contribution in [2.45, 2.75) is 25.3 Å². The van der Waals surface area contributed by atoms with Crippen LogP contribution in [0.1, 0.15) is 28.8 Å². The van der Waals surface area contributed by atoms with Crippen LogP contribution < -0.4 is 25.0 Å². The predicted octanol–water partition coefficient (Wildman–Crippen LogP) is 3.00. The van der Waals surface area contributed by atoms with E-state index in [0.717, 1.165) is 37.2 Å². The summed E-state index contributed by atoms with van der Waals surface area (Å²) < 4.78 is 15.3. The first kappa shape index (κ1) is 23.2. The molecule has 0 spiro atoms. The molecule has 172 valence electrons. The topological polar surface area (TPSA) is 89.1 Å². The van der Waals surface area contributed by atoms with Crippen molar-refractivity contribution < 1.29 is 23.8 Å². The van der Waals surface area contributed by atoms with Crippen LogP contribution >= 0.6 is 0 Å². The average molecular weight is 442 g/mol. The van der Waals surface area contributed by atoms with Gasteiger partial charge in [0.05, 0.1) is 26.9 Å². The molecule has 0 atom stereocenters. The number of carbonyl (C=O) groups is 2. The maximum absolute atomic E-state index is 12.9. The van der Waals surface area contributed by atoms with Gasteiger partial charge >= 0.3 is 6.09 Å². The Morgan fingerprint density at radius 3 is 2.41 bits per heavy atom. The van der Waals surface area contributed by atoms with Gasteiger partial charge in [0.1, 0.15) is 0 Å². The number of anilines is 1. The molecule has 1 fully saturated rings. The molecule has 2 N–H and O–H groups in total. The summed E-state index contributed by atoms with van der Waals surface area (Å²) in [6.45, 7) is 2.02. The monoisotopic (exact) mass is 441 g/mol. The van der Waals surface area contributed by atoms with E-state index in [0.29, 0.717) is 30.0 Å². The van der Waals surface area contributed by atoms with Gasteiger partial charge in [0.25, 0.3) is 5.91 Å². The van der Waals surface area contributed by atoms with Gasteiger partial charge in [-0.15, -0.1) is 0 Å². The van der Waals surface area contributed by atoms with E-state index >= 15 is 0 Å². The molecule has 0 aliphatic carbocycles. The Morgan fingerprint density at radius 2 is 1.72 bits per heavy atom. The van der Waals surface area contributed by atoms with Gasteiger partial charge in [0.15, 0.2) is 11.5 Å². The first-order valence-corrected chi connectivity index (χ1v) is 10.7. The molecule has 1 aliphatic rings. The van der Waals surface area contributed by atoms with Gasteiger partial charge < -0.3 is 29.7 Å². The number of hydrogen-bond acceptors (Lipinski definition) is 6. The molecule has 0 radical (unpaired) electrons. The molecular weight excluding hydrogens is 410 g/mol. The summed E-state index contributed by atoms with van der Waals surface area (Å²) in [6, 6.07) is 13.5. The van der Waals surface area contributed by atoms with Crippen molar-refractivity contribution in [2.75, 3.05) is 45.9 Å². The minimum Gasteiger partial charge on any atom is -0.493 e. The van der Waals surface area contributed by atoms with E-state index in [4.69, 9.17) is 9.47 Å². The molecule has 8 nitrogen and oxygen atoms in total. The molecule has 8 heteroatoms. The molecule has 2 amide bonds. The summed E-state index contributed by atoms with van der Waals surface area (Å²) in [5.41, 5.74) is 2.61. The highest BCUT2D eigenvalue weighted by Gasteiger charge is 2.23. The number of para-hydroxylation sites is 1. The van der Waals surface area contributed by atoms with Crippen LogP contribution in [0.15, 0.2) is 42.5 Å². The minimum atomic E-state index is -0.405. The third-order valence-electron chi connectivity index (χ3n) is 5.64. The number of methoxy groups -OCH3 is 3. The first-order chi connectivity index (χ1) is 15.5. The highest BCUT2D eigenvalue weighted by atomic mass is 16.5. The van der Waals surface area contributed by atoms with Crippen LogP contribution in [-0.4, -0.2) is 59.0 Å². The maximum atomic E-state index is 12.9. The molecule has 32 heavy (non-hydrogen) atoms. The summed E-state index contributed by atoms with van der Waals surface area (Å²) >= 11 is 0. The Kier molecular flexibility index (Phi) is 8.19. The zero-order valence-electron chi connectivity index (χ0n) is 18.8. The highest BCUT2D eigenvalue weighted by Crippen LogP contribution is 2.28. The quantitative estimate of drug-likeness (QED) is 0.655. The Labute approximate surface area is 188 Å². The number of amides is 2. The minimum absolute atomic E-state index is 0.0844. The van der Waals surface area contributed by atoms with Crippen LogP contribution in [0.25, 0.3) is 0 Å². The number of nitrogens with zero attached hydrogens (tertiary/aromatic N) is 1. The number of benzene rings is 2. The molecule has 3 rings (SSSR count). The molecular formula is C24H31N3O5. The Balaban J connectivity index is 1.57. The fraction of sp³-hybridized carbons (Fsp3) is 0.417. The lowest BCUT2D eigenvalue weighted by atomic mass is 10.0. The van der Waals surface area contributed by atoms with Gasteiger partial charge in [-0.2, -0.15) is 0 Å². The number of rotatable bonds is 8. The fourth-order valence-corrected chi connectivity index (χ4v) is 3.88. The zero-order chi connectivity index (χ0) is 22.9. The van der Waals surface area contributed by atoms with Crippen LogP contribution in [0, 0.1) is 0 Å². The second-order valence-electron chi connectivity index (χ2n) is 7.61. The lowest BCUT2D eigenvalue weighted by molar-refractivity contribution is 0.0954. The van der Waals surface area contributed by atoms with Crippen molar-refractivity contribution in [2.24, 2.45) is 0 Å². The second-order valence-corrected chi connectivity index (χ2v) is 7.61. The summed E-state index contributed by atoms with van der Waals surface area (Å²) in [5, 5.41) is 5.88. The third kappa shape index (κ3) is 5.84. The van der Waals surface area contributed by atoms with Gasteiger partial charge in [-0.05, 0) is 49.1 Å². The number of nitrogens with one attached hydrogen (secondary N) is 2. The van der Waals surface area contributed by atoms with Crippen molar-refractivity contribution in [1.29, 1.82) is 0 Å². The Hall–Kier alpha value is -3.42. The molecule has 0 saturated carbocycles. The first-order valence-electron chi connectivity index (χ1n) is 10.7. The molecule has 0 aromatic heterocycles. The molecule has 1 saturated heterocycles. The van der Waals surface area contributed by atoms with E-state index in [9.17, 15) is 9.59 Å². The average Bonchev–Trinajstić information content (AvgIpc) is 2.84. The summed E-state index contributed by atoms with van der Waals surface area (Å²) in [5.74, 6) is 1.25.